The maximum absolute atomic E-state index is 14.6. The Morgan fingerprint density at radius 2 is 1.79 bits per heavy atom. The third-order valence-electron chi connectivity index (χ3n) is 4.86. The van der Waals surface area contributed by atoms with Crippen LogP contribution in [0.3, 0.4) is 0 Å². The van der Waals surface area contributed by atoms with Crippen LogP contribution in [-0.2, 0) is 0 Å². The van der Waals surface area contributed by atoms with Crippen LogP contribution in [0.2, 0.25) is 5.02 Å². The lowest BCUT2D eigenvalue weighted by Gasteiger charge is -2.21. The maximum atomic E-state index is 14.6. The number of halogens is 4. The molecule has 0 unspecified atom stereocenters. The van der Waals surface area contributed by atoms with Gasteiger partial charge >= 0.3 is 0 Å². The van der Waals surface area contributed by atoms with Crippen LogP contribution in [0.15, 0.2) is 35.1 Å². The van der Waals surface area contributed by atoms with Gasteiger partial charge in [-0.15, -0.1) is 0 Å². The van der Waals surface area contributed by atoms with Crippen LogP contribution in [0.5, 0.6) is 0 Å². The summed E-state index contributed by atoms with van der Waals surface area (Å²) in [5.74, 6) is -3.46. The second-order valence-electron chi connectivity index (χ2n) is 7.16. The molecule has 1 atom stereocenters. The maximum Gasteiger partial charge on any atom is 0.269 e. The van der Waals surface area contributed by atoms with Crippen molar-refractivity contribution in [2.24, 2.45) is 0 Å². The quantitative estimate of drug-likeness (QED) is 0.397. The Morgan fingerprint density at radius 3 is 2.44 bits per heavy atom. The molecule has 0 aliphatic rings. The SMILES string of the molecule is C[C@H](Nc1nc(N)nc(N)c1C#N)c1nc2c(Cl)ccc(F)c2c(=O)n1-c1cc(F)cc(F)c1. The molecule has 0 fully saturated rings. The van der Waals surface area contributed by atoms with E-state index in [4.69, 9.17) is 23.1 Å². The van der Waals surface area contributed by atoms with Gasteiger partial charge in [0.2, 0.25) is 5.95 Å². The van der Waals surface area contributed by atoms with E-state index in [1.165, 1.54) is 13.0 Å². The average molecular weight is 487 g/mol. The highest BCUT2D eigenvalue weighted by molar-refractivity contribution is 6.35. The van der Waals surface area contributed by atoms with Crippen LogP contribution in [0, 0.1) is 28.8 Å². The van der Waals surface area contributed by atoms with Gasteiger partial charge in [-0.2, -0.15) is 15.2 Å². The van der Waals surface area contributed by atoms with Crippen molar-refractivity contribution in [1.29, 1.82) is 5.26 Å². The number of nitrogens with one attached hydrogen (secondary N) is 1. The van der Waals surface area contributed by atoms with E-state index >= 15 is 0 Å². The molecule has 0 saturated heterocycles. The van der Waals surface area contributed by atoms with Crippen molar-refractivity contribution < 1.29 is 13.2 Å². The number of benzene rings is 2. The summed E-state index contributed by atoms with van der Waals surface area (Å²) < 4.78 is 43.4. The predicted octanol–water partition coefficient (Wildman–Crippen LogP) is 3.46. The minimum Gasteiger partial charge on any atom is -0.382 e. The summed E-state index contributed by atoms with van der Waals surface area (Å²) >= 11 is 6.16. The van der Waals surface area contributed by atoms with Crippen LogP contribution in [0.1, 0.15) is 24.4 Å². The third-order valence-corrected chi connectivity index (χ3v) is 5.17. The zero-order chi connectivity index (χ0) is 24.7. The van der Waals surface area contributed by atoms with Gasteiger partial charge < -0.3 is 16.8 Å². The largest absolute Gasteiger partial charge is 0.382 e. The molecular formula is C21H14ClF3N8O. The van der Waals surface area contributed by atoms with Gasteiger partial charge in [-0.05, 0) is 31.2 Å². The van der Waals surface area contributed by atoms with Gasteiger partial charge in [-0.1, -0.05) is 11.6 Å². The Hall–Kier alpha value is -4.37. The molecule has 0 aliphatic carbocycles. The fourth-order valence-corrected chi connectivity index (χ4v) is 3.62. The van der Waals surface area contributed by atoms with E-state index in [2.05, 4.69) is 20.3 Å². The number of nitrogens with two attached hydrogens (primary N) is 2. The highest BCUT2D eigenvalue weighted by atomic mass is 35.5. The first-order valence-electron chi connectivity index (χ1n) is 9.57. The van der Waals surface area contributed by atoms with E-state index in [1.54, 1.807) is 0 Å². The second kappa shape index (κ2) is 8.53. The number of aromatic nitrogens is 4. The number of anilines is 3. The second-order valence-corrected chi connectivity index (χ2v) is 7.57. The van der Waals surface area contributed by atoms with Gasteiger partial charge in [-0.3, -0.25) is 9.36 Å². The highest BCUT2D eigenvalue weighted by Gasteiger charge is 2.23. The van der Waals surface area contributed by atoms with Gasteiger partial charge in [-0.25, -0.2) is 18.2 Å². The van der Waals surface area contributed by atoms with Gasteiger partial charge in [0.05, 0.1) is 22.3 Å². The molecule has 13 heteroatoms. The number of nitrogen functional groups attached to an aromatic ring is 2. The predicted molar refractivity (Wildman–Crippen MR) is 120 cm³/mol. The summed E-state index contributed by atoms with van der Waals surface area (Å²) in [7, 11) is 0. The number of fused-ring (bicyclic) bond motifs is 1. The molecular weight excluding hydrogens is 473 g/mol. The highest BCUT2D eigenvalue weighted by Crippen LogP contribution is 2.28. The number of hydrogen-bond acceptors (Lipinski definition) is 8. The molecule has 34 heavy (non-hydrogen) atoms. The average Bonchev–Trinajstić information content (AvgIpc) is 2.74. The first kappa shape index (κ1) is 22.8. The molecule has 4 rings (SSSR count). The monoisotopic (exact) mass is 486 g/mol. The molecule has 0 spiro atoms. The van der Waals surface area contributed by atoms with Crippen LogP contribution < -0.4 is 22.3 Å². The van der Waals surface area contributed by atoms with Crippen LogP contribution in [-0.4, -0.2) is 19.5 Å². The Labute approximate surface area is 194 Å². The summed E-state index contributed by atoms with van der Waals surface area (Å²) in [6.45, 7) is 1.52. The molecule has 2 aromatic carbocycles. The van der Waals surface area contributed by atoms with E-state index in [0.29, 0.717) is 6.07 Å². The summed E-state index contributed by atoms with van der Waals surface area (Å²) in [6, 6.07) is 5.48. The molecule has 2 aromatic heterocycles. The molecule has 0 aliphatic heterocycles. The Bertz CT molecular complexity index is 1550. The van der Waals surface area contributed by atoms with Crippen molar-refractivity contribution >= 4 is 40.1 Å². The number of nitriles is 1. The fraction of sp³-hybridized carbons (Fsp3) is 0.0952. The van der Waals surface area contributed by atoms with Gasteiger partial charge in [0.1, 0.15) is 46.1 Å². The Morgan fingerprint density at radius 1 is 1.12 bits per heavy atom. The summed E-state index contributed by atoms with van der Waals surface area (Å²) in [4.78, 5) is 25.4. The molecule has 0 radical (unpaired) electrons. The van der Waals surface area contributed by atoms with Gasteiger partial charge in [0.15, 0.2) is 5.82 Å². The Kier molecular flexibility index (Phi) is 5.72. The van der Waals surface area contributed by atoms with Crippen molar-refractivity contribution in [2.75, 3.05) is 16.8 Å². The van der Waals surface area contributed by atoms with Crippen molar-refractivity contribution in [3.63, 3.8) is 0 Å². The first-order chi connectivity index (χ1) is 16.1. The standard InChI is InChI=1S/C21H14ClF3N8O/c1-8(29-18-12(7-26)17(27)31-21(28)32-18)19-30-16-13(22)2-3-14(25)15(16)20(34)33(19)11-5-9(23)4-10(24)6-11/h2-6,8H,1H3,(H5,27,28,29,31,32)/t8-/m0/s1. The zero-order valence-corrected chi connectivity index (χ0v) is 18.0. The van der Waals surface area contributed by atoms with Crippen LogP contribution in [0.25, 0.3) is 16.6 Å². The van der Waals surface area contributed by atoms with E-state index in [-0.39, 0.29) is 45.2 Å². The van der Waals surface area contributed by atoms with E-state index < -0.39 is 34.4 Å². The van der Waals surface area contributed by atoms with E-state index in [0.717, 1.165) is 22.8 Å². The van der Waals surface area contributed by atoms with E-state index in [1.807, 2.05) is 6.07 Å². The summed E-state index contributed by atoms with van der Waals surface area (Å²) in [5.41, 5.74) is 9.86. The lowest BCUT2D eigenvalue weighted by Crippen LogP contribution is -2.28. The smallest absolute Gasteiger partial charge is 0.269 e. The minimum absolute atomic E-state index is 0.0206. The molecule has 0 bridgehead atoms. The number of hydrogen-bond donors (Lipinski definition) is 3. The van der Waals surface area contributed by atoms with Crippen molar-refractivity contribution in [1.82, 2.24) is 19.5 Å². The first-order valence-corrected chi connectivity index (χ1v) is 9.95. The molecule has 2 heterocycles. The molecule has 4 aromatic rings. The third kappa shape index (κ3) is 3.93. The van der Waals surface area contributed by atoms with Crippen LogP contribution in [0.4, 0.5) is 30.8 Å². The lowest BCUT2D eigenvalue weighted by atomic mass is 10.2. The minimum atomic E-state index is -0.969. The van der Waals surface area contributed by atoms with Gasteiger partial charge in [0.25, 0.3) is 5.56 Å². The van der Waals surface area contributed by atoms with E-state index in [9.17, 15) is 23.2 Å². The summed E-state index contributed by atoms with van der Waals surface area (Å²) in [6.07, 6.45) is 0. The molecule has 9 nitrogen and oxygen atoms in total. The Balaban J connectivity index is 2.01. The zero-order valence-electron chi connectivity index (χ0n) is 17.3. The normalized spacial score (nSPS) is 11.9. The van der Waals surface area contributed by atoms with Gasteiger partial charge in [0, 0.05) is 6.07 Å². The van der Waals surface area contributed by atoms with Crippen molar-refractivity contribution in [2.45, 2.75) is 13.0 Å². The number of nitrogens with zero attached hydrogens (tertiary/aromatic N) is 5. The lowest BCUT2D eigenvalue weighted by molar-refractivity contribution is 0.579. The molecule has 0 saturated carbocycles. The van der Waals surface area contributed by atoms with Crippen molar-refractivity contribution in [3.8, 4) is 11.8 Å². The topological polar surface area (TPSA) is 149 Å². The summed E-state index contributed by atoms with van der Waals surface area (Å²) in [5, 5.41) is 11.8. The molecule has 172 valence electrons. The molecule has 0 amide bonds. The fourth-order valence-electron chi connectivity index (χ4n) is 3.42. The van der Waals surface area contributed by atoms with Crippen LogP contribution >= 0.6 is 11.6 Å². The van der Waals surface area contributed by atoms with Crippen molar-refractivity contribution in [3.05, 3.63) is 74.5 Å². The molecule has 5 N–H and O–H groups in total. The number of rotatable bonds is 4.